The number of primary amides is 1. The molecule has 3 N–H and O–H groups in total. The van der Waals surface area contributed by atoms with Gasteiger partial charge in [0.15, 0.2) is 0 Å². The summed E-state index contributed by atoms with van der Waals surface area (Å²) in [5.41, 5.74) is 8.75. The molecule has 1 aliphatic carbocycles. The standard InChI is InChI=1S/C18H22N2O2S/c19-18(22)14-10-15(23-12-14)11-20(8-3-9-21)17-7-6-13-4-1-2-5-16(13)17/h1-2,4-5,10,12,17,21H,3,6-9,11H2,(H2,19,22). The van der Waals surface area contributed by atoms with Crippen LogP contribution >= 0.6 is 11.3 Å². The molecular formula is C18H22N2O2S. The van der Waals surface area contributed by atoms with Crippen LogP contribution in [-0.4, -0.2) is 29.1 Å². The number of aryl methyl sites for hydroxylation is 1. The number of aliphatic hydroxyl groups is 1. The molecule has 0 aliphatic heterocycles. The third kappa shape index (κ3) is 3.63. The molecule has 23 heavy (non-hydrogen) atoms. The van der Waals surface area contributed by atoms with E-state index in [0.29, 0.717) is 11.6 Å². The summed E-state index contributed by atoms with van der Waals surface area (Å²) in [4.78, 5) is 14.8. The first-order valence-corrected chi connectivity index (χ1v) is 8.87. The summed E-state index contributed by atoms with van der Waals surface area (Å²) in [6.45, 7) is 1.83. The van der Waals surface area contributed by atoms with Crippen LogP contribution < -0.4 is 5.73 Å². The first-order valence-electron chi connectivity index (χ1n) is 7.99. The lowest BCUT2D eigenvalue weighted by molar-refractivity contribution is 0.100. The van der Waals surface area contributed by atoms with E-state index in [2.05, 4.69) is 29.2 Å². The first kappa shape index (κ1) is 16.2. The zero-order valence-corrected chi connectivity index (χ0v) is 13.9. The van der Waals surface area contributed by atoms with Crippen molar-refractivity contribution in [1.29, 1.82) is 0 Å². The zero-order chi connectivity index (χ0) is 16.2. The van der Waals surface area contributed by atoms with Crippen LogP contribution in [-0.2, 0) is 13.0 Å². The molecule has 0 radical (unpaired) electrons. The molecule has 0 fully saturated rings. The highest BCUT2D eigenvalue weighted by Gasteiger charge is 2.27. The monoisotopic (exact) mass is 330 g/mol. The number of rotatable bonds is 7. The molecular weight excluding hydrogens is 308 g/mol. The Kier molecular flexibility index (Phi) is 5.10. The quantitative estimate of drug-likeness (QED) is 0.820. The molecule has 1 unspecified atom stereocenters. The fraction of sp³-hybridized carbons (Fsp3) is 0.389. The number of nitrogens with two attached hydrogens (primary N) is 1. The van der Waals surface area contributed by atoms with Gasteiger partial charge in [0.25, 0.3) is 0 Å². The number of nitrogens with zero attached hydrogens (tertiary/aromatic N) is 1. The van der Waals surface area contributed by atoms with Gasteiger partial charge in [0, 0.05) is 36.0 Å². The number of amides is 1. The van der Waals surface area contributed by atoms with Gasteiger partial charge < -0.3 is 10.8 Å². The number of benzene rings is 1. The van der Waals surface area contributed by atoms with Gasteiger partial charge in [0.05, 0.1) is 5.56 Å². The normalized spacial score (nSPS) is 16.7. The van der Waals surface area contributed by atoms with E-state index >= 15 is 0 Å². The lowest BCUT2D eigenvalue weighted by Crippen LogP contribution is -2.28. The Bertz CT molecular complexity index is 683. The molecule has 0 saturated heterocycles. The molecule has 0 bridgehead atoms. The lowest BCUT2D eigenvalue weighted by atomic mass is 10.1. The van der Waals surface area contributed by atoms with Crippen LogP contribution in [0.2, 0.25) is 0 Å². The highest BCUT2D eigenvalue weighted by Crippen LogP contribution is 2.36. The molecule has 122 valence electrons. The maximum atomic E-state index is 11.3. The van der Waals surface area contributed by atoms with Gasteiger partial charge in [-0.15, -0.1) is 11.3 Å². The Morgan fingerprint density at radius 3 is 2.96 bits per heavy atom. The van der Waals surface area contributed by atoms with Crippen molar-refractivity contribution in [1.82, 2.24) is 4.90 Å². The van der Waals surface area contributed by atoms with Crippen LogP contribution in [0.15, 0.2) is 35.7 Å². The maximum Gasteiger partial charge on any atom is 0.249 e. The van der Waals surface area contributed by atoms with Crippen molar-refractivity contribution in [3.63, 3.8) is 0 Å². The number of carbonyl (C=O) groups is 1. The molecule has 1 aromatic carbocycles. The molecule has 1 aromatic heterocycles. The lowest BCUT2D eigenvalue weighted by Gasteiger charge is -2.29. The number of thiophene rings is 1. The van der Waals surface area contributed by atoms with E-state index in [4.69, 9.17) is 5.73 Å². The number of hydrogen-bond donors (Lipinski definition) is 2. The third-order valence-electron chi connectivity index (χ3n) is 4.44. The Labute approximate surface area is 140 Å². The van der Waals surface area contributed by atoms with Gasteiger partial charge in [-0.05, 0) is 36.5 Å². The van der Waals surface area contributed by atoms with Crippen molar-refractivity contribution >= 4 is 17.2 Å². The second kappa shape index (κ2) is 7.25. The summed E-state index contributed by atoms with van der Waals surface area (Å²) in [6.07, 6.45) is 2.97. The van der Waals surface area contributed by atoms with Crippen molar-refractivity contribution in [3.05, 3.63) is 57.3 Å². The predicted molar refractivity (Wildman–Crippen MR) is 92.5 cm³/mol. The summed E-state index contributed by atoms with van der Waals surface area (Å²) in [5.74, 6) is -0.374. The van der Waals surface area contributed by atoms with Crippen LogP contribution in [0.5, 0.6) is 0 Å². The summed E-state index contributed by atoms with van der Waals surface area (Å²) < 4.78 is 0. The second-order valence-electron chi connectivity index (χ2n) is 5.97. The molecule has 1 amide bonds. The largest absolute Gasteiger partial charge is 0.396 e. The molecule has 4 nitrogen and oxygen atoms in total. The average Bonchev–Trinajstić information content (AvgIpc) is 3.18. The van der Waals surface area contributed by atoms with Gasteiger partial charge >= 0.3 is 0 Å². The summed E-state index contributed by atoms with van der Waals surface area (Å²) >= 11 is 1.57. The molecule has 1 atom stereocenters. The minimum atomic E-state index is -0.374. The first-order chi connectivity index (χ1) is 11.2. The Morgan fingerprint density at radius 2 is 2.22 bits per heavy atom. The van der Waals surface area contributed by atoms with Crippen molar-refractivity contribution in [2.24, 2.45) is 5.73 Å². The predicted octanol–water partition coefficient (Wildman–Crippen LogP) is 2.72. The highest BCUT2D eigenvalue weighted by molar-refractivity contribution is 7.10. The fourth-order valence-corrected chi connectivity index (χ4v) is 4.22. The minimum absolute atomic E-state index is 0.196. The van der Waals surface area contributed by atoms with Gasteiger partial charge in [-0.2, -0.15) is 0 Å². The van der Waals surface area contributed by atoms with Crippen LogP contribution in [0.4, 0.5) is 0 Å². The van der Waals surface area contributed by atoms with Crippen molar-refractivity contribution in [3.8, 4) is 0 Å². The van der Waals surface area contributed by atoms with Gasteiger partial charge in [0.2, 0.25) is 5.91 Å². The summed E-state index contributed by atoms with van der Waals surface area (Å²) in [6, 6.07) is 10.9. The molecule has 1 heterocycles. The molecule has 5 heteroatoms. The zero-order valence-electron chi connectivity index (χ0n) is 13.1. The molecule has 3 rings (SSSR count). The van der Waals surface area contributed by atoms with E-state index in [9.17, 15) is 9.90 Å². The summed E-state index contributed by atoms with van der Waals surface area (Å²) in [7, 11) is 0. The number of carbonyl (C=O) groups excluding carboxylic acids is 1. The highest BCUT2D eigenvalue weighted by atomic mass is 32.1. The van der Waals surface area contributed by atoms with Crippen LogP contribution in [0.25, 0.3) is 0 Å². The van der Waals surface area contributed by atoms with Gasteiger partial charge in [-0.3, -0.25) is 9.69 Å². The SMILES string of the molecule is NC(=O)c1csc(CN(CCCO)C2CCc3ccccc32)c1. The van der Waals surface area contributed by atoms with E-state index in [1.165, 1.54) is 11.1 Å². The topological polar surface area (TPSA) is 66.6 Å². The molecule has 2 aromatic rings. The van der Waals surface area contributed by atoms with Crippen molar-refractivity contribution in [2.45, 2.75) is 31.8 Å². The van der Waals surface area contributed by atoms with E-state index in [-0.39, 0.29) is 12.5 Å². The summed E-state index contributed by atoms with van der Waals surface area (Å²) in [5, 5.41) is 11.0. The van der Waals surface area contributed by atoms with Crippen molar-refractivity contribution in [2.75, 3.05) is 13.2 Å². The number of hydrogen-bond acceptors (Lipinski definition) is 4. The fourth-order valence-electron chi connectivity index (χ4n) is 3.33. The Morgan fingerprint density at radius 1 is 1.39 bits per heavy atom. The number of fused-ring (bicyclic) bond motifs is 1. The van der Waals surface area contributed by atoms with Crippen LogP contribution in [0.1, 0.15) is 45.2 Å². The maximum absolute atomic E-state index is 11.3. The third-order valence-corrected chi connectivity index (χ3v) is 5.36. The average molecular weight is 330 g/mol. The Balaban J connectivity index is 1.79. The van der Waals surface area contributed by atoms with E-state index in [1.807, 2.05) is 11.4 Å². The van der Waals surface area contributed by atoms with Crippen LogP contribution in [0, 0.1) is 0 Å². The van der Waals surface area contributed by atoms with Crippen LogP contribution in [0.3, 0.4) is 0 Å². The van der Waals surface area contributed by atoms with E-state index in [1.54, 1.807) is 11.3 Å². The second-order valence-corrected chi connectivity index (χ2v) is 6.96. The Hall–Kier alpha value is -1.69. The van der Waals surface area contributed by atoms with Gasteiger partial charge in [0.1, 0.15) is 0 Å². The van der Waals surface area contributed by atoms with E-state index in [0.717, 1.165) is 37.2 Å². The molecule has 0 saturated carbocycles. The van der Waals surface area contributed by atoms with Gasteiger partial charge in [-0.1, -0.05) is 24.3 Å². The van der Waals surface area contributed by atoms with E-state index < -0.39 is 0 Å². The molecule has 0 spiro atoms. The smallest absolute Gasteiger partial charge is 0.249 e. The van der Waals surface area contributed by atoms with Crippen molar-refractivity contribution < 1.29 is 9.90 Å². The molecule has 1 aliphatic rings. The number of aliphatic hydroxyl groups excluding tert-OH is 1. The van der Waals surface area contributed by atoms with Gasteiger partial charge in [-0.25, -0.2) is 0 Å². The minimum Gasteiger partial charge on any atom is -0.396 e.